The highest BCUT2D eigenvalue weighted by atomic mass is 32.1. The number of aromatic nitrogens is 1. The summed E-state index contributed by atoms with van der Waals surface area (Å²) in [4.78, 5) is 33.2. The van der Waals surface area contributed by atoms with Gasteiger partial charge in [0.1, 0.15) is 0 Å². The van der Waals surface area contributed by atoms with E-state index in [9.17, 15) is 9.59 Å². The number of rotatable bonds is 6. The average Bonchev–Trinajstić information content (AvgIpc) is 3.15. The first-order valence-corrected chi connectivity index (χ1v) is 11.5. The molecule has 3 N–H and O–H groups in total. The van der Waals surface area contributed by atoms with Crippen LogP contribution in [0.2, 0.25) is 0 Å². The lowest BCUT2D eigenvalue weighted by molar-refractivity contribution is 0.0944. The van der Waals surface area contributed by atoms with E-state index < -0.39 is 6.03 Å². The molecule has 0 atom stereocenters. The highest BCUT2D eigenvalue weighted by molar-refractivity contribution is 7.15. The Morgan fingerprint density at radius 3 is 2.59 bits per heavy atom. The number of urea groups is 1. The summed E-state index contributed by atoms with van der Waals surface area (Å²) in [6.07, 6.45) is 0.861. The zero-order chi connectivity index (χ0) is 22.5. The maximum Gasteiger partial charge on any atom is 0.325 e. The Hall–Kier alpha value is -3.23. The molecule has 0 bridgehead atoms. The van der Waals surface area contributed by atoms with Gasteiger partial charge in [-0.1, -0.05) is 42.5 Å². The van der Waals surface area contributed by atoms with Gasteiger partial charge in [0, 0.05) is 37.0 Å². The SMILES string of the molecule is CC(C)NC(=O)c1ccccc1NC(=O)Nc1nc2c(s1)CN(Cc1ccccc1)CC2. The van der Waals surface area contributed by atoms with E-state index >= 15 is 0 Å². The number of carbonyl (C=O) groups is 2. The number of carbonyl (C=O) groups excluding carboxylic acids is 2. The lowest BCUT2D eigenvalue weighted by Crippen LogP contribution is -2.31. The van der Waals surface area contributed by atoms with Gasteiger partial charge in [-0.3, -0.25) is 15.0 Å². The maximum atomic E-state index is 12.6. The van der Waals surface area contributed by atoms with Crippen LogP contribution in [0, 0.1) is 0 Å². The molecule has 166 valence electrons. The molecular weight excluding hydrogens is 422 g/mol. The van der Waals surface area contributed by atoms with Crippen molar-refractivity contribution in [2.24, 2.45) is 0 Å². The van der Waals surface area contributed by atoms with Crippen LogP contribution in [-0.2, 0) is 19.5 Å². The van der Waals surface area contributed by atoms with Gasteiger partial charge in [-0.15, -0.1) is 11.3 Å². The Bertz CT molecular complexity index is 1100. The van der Waals surface area contributed by atoms with Crippen LogP contribution in [0.1, 0.15) is 40.3 Å². The number of hydrogen-bond donors (Lipinski definition) is 3. The Labute approximate surface area is 191 Å². The van der Waals surface area contributed by atoms with E-state index in [1.165, 1.54) is 21.8 Å². The van der Waals surface area contributed by atoms with Gasteiger partial charge in [0.05, 0.1) is 16.9 Å². The molecule has 3 aromatic rings. The molecule has 0 saturated carbocycles. The second-order valence-corrected chi connectivity index (χ2v) is 9.17. The zero-order valence-corrected chi connectivity index (χ0v) is 19.0. The molecule has 2 aromatic carbocycles. The fourth-order valence-electron chi connectivity index (χ4n) is 3.66. The van der Waals surface area contributed by atoms with Crippen LogP contribution in [-0.4, -0.2) is 34.4 Å². The summed E-state index contributed by atoms with van der Waals surface area (Å²) < 4.78 is 0. The van der Waals surface area contributed by atoms with Gasteiger partial charge < -0.3 is 10.6 Å². The van der Waals surface area contributed by atoms with Gasteiger partial charge in [-0.2, -0.15) is 0 Å². The van der Waals surface area contributed by atoms with Crippen LogP contribution in [0.3, 0.4) is 0 Å². The van der Waals surface area contributed by atoms with Crippen molar-refractivity contribution >= 4 is 34.1 Å². The van der Waals surface area contributed by atoms with E-state index in [-0.39, 0.29) is 11.9 Å². The summed E-state index contributed by atoms with van der Waals surface area (Å²) in [5.41, 5.74) is 3.22. The number of nitrogens with one attached hydrogen (secondary N) is 3. The third-order valence-electron chi connectivity index (χ3n) is 5.12. The predicted molar refractivity (Wildman–Crippen MR) is 128 cm³/mol. The van der Waals surface area contributed by atoms with E-state index in [0.29, 0.717) is 16.4 Å². The second-order valence-electron chi connectivity index (χ2n) is 8.09. The second kappa shape index (κ2) is 9.93. The summed E-state index contributed by atoms with van der Waals surface area (Å²) in [6, 6.07) is 17.0. The molecule has 0 saturated heterocycles. The van der Waals surface area contributed by atoms with Crippen LogP contribution in [0.15, 0.2) is 54.6 Å². The summed E-state index contributed by atoms with van der Waals surface area (Å²) in [6.45, 7) is 6.45. The molecule has 1 aliphatic rings. The van der Waals surface area contributed by atoms with Crippen LogP contribution in [0.5, 0.6) is 0 Å². The fourth-order valence-corrected chi connectivity index (χ4v) is 4.70. The van der Waals surface area contributed by atoms with Crippen molar-refractivity contribution in [1.29, 1.82) is 0 Å². The van der Waals surface area contributed by atoms with Crippen LogP contribution >= 0.6 is 11.3 Å². The van der Waals surface area contributed by atoms with Crippen molar-refractivity contribution in [2.45, 2.75) is 39.4 Å². The minimum atomic E-state index is -0.415. The maximum absolute atomic E-state index is 12.6. The Balaban J connectivity index is 1.38. The fraction of sp³-hybridized carbons (Fsp3) is 0.292. The number of fused-ring (bicyclic) bond motifs is 1. The number of para-hydroxylation sites is 1. The zero-order valence-electron chi connectivity index (χ0n) is 18.2. The number of anilines is 2. The molecule has 32 heavy (non-hydrogen) atoms. The van der Waals surface area contributed by atoms with Crippen molar-refractivity contribution in [3.63, 3.8) is 0 Å². The number of nitrogens with zero attached hydrogens (tertiary/aromatic N) is 2. The van der Waals surface area contributed by atoms with Gasteiger partial charge in [-0.05, 0) is 31.5 Å². The largest absolute Gasteiger partial charge is 0.350 e. The molecule has 2 heterocycles. The highest BCUT2D eigenvalue weighted by Gasteiger charge is 2.22. The van der Waals surface area contributed by atoms with Crippen molar-refractivity contribution in [3.8, 4) is 0 Å². The predicted octanol–water partition coefficient (Wildman–Crippen LogP) is 4.48. The molecule has 0 radical (unpaired) electrons. The van der Waals surface area contributed by atoms with E-state index in [0.717, 1.165) is 31.7 Å². The molecular formula is C24H27N5O2S. The van der Waals surface area contributed by atoms with E-state index in [1.807, 2.05) is 19.9 Å². The van der Waals surface area contributed by atoms with Crippen molar-refractivity contribution in [1.82, 2.24) is 15.2 Å². The lowest BCUT2D eigenvalue weighted by atomic mass is 10.1. The quantitative estimate of drug-likeness (QED) is 0.518. The molecule has 1 aliphatic heterocycles. The molecule has 0 spiro atoms. The molecule has 0 aliphatic carbocycles. The Morgan fingerprint density at radius 2 is 1.81 bits per heavy atom. The van der Waals surface area contributed by atoms with Crippen molar-refractivity contribution in [2.75, 3.05) is 17.2 Å². The van der Waals surface area contributed by atoms with Gasteiger partial charge in [0.25, 0.3) is 5.91 Å². The van der Waals surface area contributed by atoms with Crippen molar-refractivity contribution < 1.29 is 9.59 Å². The number of benzene rings is 2. The Kier molecular flexibility index (Phi) is 6.82. The molecule has 3 amide bonds. The highest BCUT2D eigenvalue weighted by Crippen LogP contribution is 2.29. The number of amides is 3. The first kappa shape index (κ1) is 22.0. The minimum absolute atomic E-state index is 0.00692. The molecule has 4 rings (SSSR count). The molecule has 7 nitrogen and oxygen atoms in total. The molecule has 0 fully saturated rings. The van der Waals surface area contributed by atoms with Gasteiger partial charge in [0.2, 0.25) is 0 Å². The summed E-state index contributed by atoms with van der Waals surface area (Å²) in [7, 11) is 0. The van der Waals surface area contributed by atoms with Crippen LogP contribution < -0.4 is 16.0 Å². The average molecular weight is 450 g/mol. The van der Waals surface area contributed by atoms with E-state index in [4.69, 9.17) is 0 Å². The van der Waals surface area contributed by atoms with E-state index in [1.54, 1.807) is 24.3 Å². The smallest absolute Gasteiger partial charge is 0.325 e. The Morgan fingerprint density at radius 1 is 1.06 bits per heavy atom. The normalized spacial score (nSPS) is 13.5. The summed E-state index contributed by atoms with van der Waals surface area (Å²) >= 11 is 1.50. The molecule has 1 aromatic heterocycles. The number of thiazole rings is 1. The molecule has 8 heteroatoms. The lowest BCUT2D eigenvalue weighted by Gasteiger charge is -2.25. The summed E-state index contributed by atoms with van der Waals surface area (Å²) in [5.74, 6) is -0.223. The van der Waals surface area contributed by atoms with Gasteiger partial charge in [0.15, 0.2) is 5.13 Å². The molecule has 0 unspecified atom stereocenters. The summed E-state index contributed by atoms with van der Waals surface area (Å²) in [5, 5.41) is 9.03. The first-order chi connectivity index (χ1) is 15.5. The van der Waals surface area contributed by atoms with Gasteiger partial charge in [-0.25, -0.2) is 9.78 Å². The monoisotopic (exact) mass is 449 g/mol. The third-order valence-corrected chi connectivity index (χ3v) is 6.12. The van der Waals surface area contributed by atoms with Crippen LogP contribution in [0.4, 0.5) is 15.6 Å². The topological polar surface area (TPSA) is 86.4 Å². The van der Waals surface area contributed by atoms with Crippen LogP contribution in [0.25, 0.3) is 0 Å². The number of hydrogen-bond acceptors (Lipinski definition) is 5. The van der Waals surface area contributed by atoms with Gasteiger partial charge >= 0.3 is 6.03 Å². The van der Waals surface area contributed by atoms with Crippen molar-refractivity contribution in [3.05, 3.63) is 76.3 Å². The van der Waals surface area contributed by atoms with E-state index in [2.05, 4.69) is 50.1 Å². The standard InChI is InChI=1S/C24H27N5O2S/c1-16(2)25-22(30)18-10-6-7-11-19(18)26-23(31)28-24-27-20-12-13-29(15-21(20)32-24)14-17-8-4-3-5-9-17/h3-11,16H,12-15H2,1-2H3,(H,25,30)(H2,26,27,28,31). The minimum Gasteiger partial charge on any atom is -0.350 e. The first-order valence-electron chi connectivity index (χ1n) is 10.7. The third kappa shape index (κ3) is 5.52.